The van der Waals surface area contributed by atoms with E-state index >= 15 is 0 Å². The van der Waals surface area contributed by atoms with Crippen molar-refractivity contribution in [1.29, 1.82) is 0 Å². The number of hydrogen-bond donors (Lipinski definition) is 1. The second-order valence-electron chi connectivity index (χ2n) is 4.31. The van der Waals surface area contributed by atoms with Gasteiger partial charge in [0.25, 0.3) is 5.91 Å². The zero-order chi connectivity index (χ0) is 11.5. The minimum atomic E-state index is -0.521. The molecule has 4 nitrogen and oxygen atoms in total. The molecule has 4 heteroatoms. The Bertz CT molecular complexity index is 356. The SMILES string of the molecule is CC(C)(C)OCc1ccnc(C(N)=O)c1. The predicted molar refractivity (Wildman–Crippen MR) is 57.3 cm³/mol. The van der Waals surface area contributed by atoms with Crippen LogP contribution in [0.25, 0.3) is 0 Å². The van der Waals surface area contributed by atoms with Gasteiger partial charge in [0, 0.05) is 6.20 Å². The molecule has 0 aliphatic carbocycles. The first-order valence-corrected chi connectivity index (χ1v) is 4.77. The quantitative estimate of drug-likeness (QED) is 0.818. The minimum Gasteiger partial charge on any atom is -0.371 e. The number of amides is 1. The van der Waals surface area contributed by atoms with Crippen LogP contribution in [0.1, 0.15) is 36.8 Å². The molecule has 0 aliphatic heterocycles. The molecule has 1 amide bonds. The number of ether oxygens (including phenoxy) is 1. The van der Waals surface area contributed by atoms with E-state index < -0.39 is 5.91 Å². The number of rotatable bonds is 3. The number of nitrogens with zero attached hydrogens (tertiary/aromatic N) is 1. The summed E-state index contributed by atoms with van der Waals surface area (Å²) >= 11 is 0. The van der Waals surface area contributed by atoms with Gasteiger partial charge in [0.1, 0.15) is 5.69 Å². The average molecular weight is 208 g/mol. The molecule has 1 heterocycles. The molecule has 0 bridgehead atoms. The van der Waals surface area contributed by atoms with Crippen molar-refractivity contribution < 1.29 is 9.53 Å². The standard InChI is InChI=1S/C11H16N2O2/c1-11(2,3)15-7-8-4-5-13-9(6-8)10(12)14/h4-6H,7H2,1-3H3,(H2,12,14). The molecule has 82 valence electrons. The summed E-state index contributed by atoms with van der Waals surface area (Å²) < 4.78 is 5.57. The number of hydrogen-bond acceptors (Lipinski definition) is 3. The molecular formula is C11H16N2O2. The normalized spacial score (nSPS) is 11.4. The van der Waals surface area contributed by atoms with E-state index in [2.05, 4.69) is 4.98 Å². The molecular weight excluding hydrogens is 192 g/mol. The van der Waals surface area contributed by atoms with Crippen LogP contribution in [0.3, 0.4) is 0 Å². The third-order valence-electron chi connectivity index (χ3n) is 1.75. The molecule has 0 saturated carbocycles. The Morgan fingerprint density at radius 3 is 2.73 bits per heavy atom. The Hall–Kier alpha value is -1.42. The Kier molecular flexibility index (Phi) is 3.42. The summed E-state index contributed by atoms with van der Waals surface area (Å²) in [5.41, 5.74) is 6.09. The molecule has 1 aromatic heterocycles. The van der Waals surface area contributed by atoms with Crippen molar-refractivity contribution in [3.8, 4) is 0 Å². The van der Waals surface area contributed by atoms with E-state index in [0.29, 0.717) is 6.61 Å². The van der Waals surface area contributed by atoms with Gasteiger partial charge in [-0.2, -0.15) is 0 Å². The van der Waals surface area contributed by atoms with Gasteiger partial charge >= 0.3 is 0 Å². The monoisotopic (exact) mass is 208 g/mol. The molecule has 0 aliphatic rings. The molecule has 1 rings (SSSR count). The van der Waals surface area contributed by atoms with Crippen molar-refractivity contribution in [2.45, 2.75) is 33.0 Å². The number of nitrogens with two attached hydrogens (primary N) is 1. The van der Waals surface area contributed by atoms with Crippen molar-refractivity contribution in [3.05, 3.63) is 29.6 Å². The van der Waals surface area contributed by atoms with Crippen LogP contribution in [0.5, 0.6) is 0 Å². The zero-order valence-corrected chi connectivity index (χ0v) is 9.28. The van der Waals surface area contributed by atoms with Crippen LogP contribution in [-0.4, -0.2) is 16.5 Å². The summed E-state index contributed by atoms with van der Waals surface area (Å²) in [6, 6.07) is 3.45. The van der Waals surface area contributed by atoms with Gasteiger partial charge in [-0.25, -0.2) is 0 Å². The van der Waals surface area contributed by atoms with E-state index in [9.17, 15) is 4.79 Å². The summed E-state index contributed by atoms with van der Waals surface area (Å²) in [6.07, 6.45) is 1.56. The van der Waals surface area contributed by atoms with Gasteiger partial charge in [0.15, 0.2) is 0 Å². The smallest absolute Gasteiger partial charge is 0.267 e. The van der Waals surface area contributed by atoms with Gasteiger partial charge in [-0.3, -0.25) is 9.78 Å². The molecule has 0 aromatic carbocycles. The van der Waals surface area contributed by atoms with Crippen LogP contribution in [0.2, 0.25) is 0 Å². The van der Waals surface area contributed by atoms with Crippen LogP contribution in [0.4, 0.5) is 0 Å². The summed E-state index contributed by atoms with van der Waals surface area (Å²) in [5.74, 6) is -0.521. The second kappa shape index (κ2) is 4.40. The van der Waals surface area contributed by atoms with Gasteiger partial charge in [-0.05, 0) is 38.5 Å². The molecule has 0 atom stereocenters. The van der Waals surface area contributed by atoms with Gasteiger partial charge in [0.05, 0.1) is 12.2 Å². The summed E-state index contributed by atoms with van der Waals surface area (Å²) in [4.78, 5) is 14.7. The first-order chi connectivity index (χ1) is 6.88. The van der Waals surface area contributed by atoms with Crippen molar-refractivity contribution in [3.63, 3.8) is 0 Å². The fourth-order valence-corrected chi connectivity index (χ4v) is 0.999. The first-order valence-electron chi connectivity index (χ1n) is 4.77. The Labute approximate surface area is 89.5 Å². The van der Waals surface area contributed by atoms with Crippen molar-refractivity contribution in [2.75, 3.05) is 0 Å². The topological polar surface area (TPSA) is 65.2 Å². The fraction of sp³-hybridized carbons (Fsp3) is 0.455. The maximum atomic E-state index is 10.9. The Morgan fingerprint density at radius 2 is 2.20 bits per heavy atom. The third kappa shape index (κ3) is 4.08. The summed E-state index contributed by atoms with van der Waals surface area (Å²) in [6.45, 7) is 6.38. The number of carbonyl (C=O) groups excluding carboxylic acids is 1. The van der Waals surface area contributed by atoms with Crippen LogP contribution in [-0.2, 0) is 11.3 Å². The van der Waals surface area contributed by atoms with E-state index in [0.717, 1.165) is 5.56 Å². The summed E-state index contributed by atoms with van der Waals surface area (Å²) in [7, 11) is 0. The Morgan fingerprint density at radius 1 is 1.53 bits per heavy atom. The van der Waals surface area contributed by atoms with E-state index in [4.69, 9.17) is 10.5 Å². The Balaban J connectivity index is 2.70. The lowest BCUT2D eigenvalue weighted by Gasteiger charge is -2.19. The molecule has 1 aromatic rings. The van der Waals surface area contributed by atoms with E-state index in [1.165, 1.54) is 0 Å². The van der Waals surface area contributed by atoms with Crippen LogP contribution < -0.4 is 5.73 Å². The molecule has 0 saturated heterocycles. The number of aromatic nitrogens is 1. The zero-order valence-electron chi connectivity index (χ0n) is 9.28. The van der Waals surface area contributed by atoms with Crippen LogP contribution in [0.15, 0.2) is 18.3 Å². The predicted octanol–water partition coefficient (Wildman–Crippen LogP) is 1.50. The first kappa shape index (κ1) is 11.7. The third-order valence-corrected chi connectivity index (χ3v) is 1.75. The van der Waals surface area contributed by atoms with Crippen molar-refractivity contribution in [2.24, 2.45) is 5.73 Å². The molecule has 0 fully saturated rings. The molecule has 15 heavy (non-hydrogen) atoms. The highest BCUT2D eigenvalue weighted by atomic mass is 16.5. The number of pyridine rings is 1. The lowest BCUT2D eigenvalue weighted by atomic mass is 10.2. The lowest BCUT2D eigenvalue weighted by Crippen LogP contribution is -2.19. The number of primary amides is 1. The second-order valence-corrected chi connectivity index (χ2v) is 4.31. The molecule has 2 N–H and O–H groups in total. The number of carbonyl (C=O) groups is 1. The fourth-order valence-electron chi connectivity index (χ4n) is 0.999. The maximum absolute atomic E-state index is 10.9. The van der Waals surface area contributed by atoms with Gasteiger partial charge < -0.3 is 10.5 Å². The highest BCUT2D eigenvalue weighted by molar-refractivity contribution is 5.90. The van der Waals surface area contributed by atoms with Gasteiger partial charge in [-0.15, -0.1) is 0 Å². The summed E-state index contributed by atoms with van der Waals surface area (Å²) in [5, 5.41) is 0. The molecule has 0 spiro atoms. The lowest BCUT2D eigenvalue weighted by molar-refractivity contribution is -0.0149. The van der Waals surface area contributed by atoms with Crippen LogP contribution >= 0.6 is 0 Å². The average Bonchev–Trinajstić information content (AvgIpc) is 2.14. The van der Waals surface area contributed by atoms with Crippen LogP contribution in [0, 0.1) is 0 Å². The maximum Gasteiger partial charge on any atom is 0.267 e. The van der Waals surface area contributed by atoms with Gasteiger partial charge in [-0.1, -0.05) is 0 Å². The largest absolute Gasteiger partial charge is 0.371 e. The molecule has 0 radical (unpaired) electrons. The van der Waals surface area contributed by atoms with Crippen molar-refractivity contribution in [1.82, 2.24) is 4.98 Å². The van der Waals surface area contributed by atoms with Gasteiger partial charge in [0.2, 0.25) is 0 Å². The minimum absolute atomic E-state index is 0.198. The molecule has 0 unspecified atom stereocenters. The highest BCUT2D eigenvalue weighted by Gasteiger charge is 2.10. The van der Waals surface area contributed by atoms with E-state index in [1.54, 1.807) is 18.3 Å². The van der Waals surface area contributed by atoms with E-state index in [1.807, 2.05) is 20.8 Å². The van der Waals surface area contributed by atoms with Crippen molar-refractivity contribution >= 4 is 5.91 Å². The highest BCUT2D eigenvalue weighted by Crippen LogP contribution is 2.11. The van der Waals surface area contributed by atoms with E-state index in [-0.39, 0.29) is 11.3 Å².